The van der Waals surface area contributed by atoms with Crippen molar-refractivity contribution in [1.29, 1.82) is 0 Å². The quantitative estimate of drug-likeness (QED) is 0.263. The second kappa shape index (κ2) is 5.54. The van der Waals surface area contributed by atoms with E-state index in [1.165, 1.54) is 0 Å². The van der Waals surface area contributed by atoms with Crippen LogP contribution in [0.2, 0.25) is 0 Å². The number of nitrogens with zero attached hydrogens (tertiary/aromatic N) is 1. The molecule has 0 amide bonds. The van der Waals surface area contributed by atoms with E-state index in [9.17, 15) is 0 Å². The first-order valence-electron chi connectivity index (χ1n) is 4.49. The molecule has 0 aliphatic rings. The Morgan fingerprint density at radius 2 is 2.21 bits per heavy atom. The fourth-order valence-electron chi connectivity index (χ4n) is 1.07. The van der Waals surface area contributed by atoms with Crippen molar-refractivity contribution < 1.29 is 5.21 Å². The second-order valence-corrected chi connectivity index (χ2v) is 3.97. The van der Waals surface area contributed by atoms with Gasteiger partial charge in [-0.05, 0) is 18.2 Å². The van der Waals surface area contributed by atoms with Gasteiger partial charge in [0.1, 0.15) is 0 Å². The molecule has 0 saturated heterocycles. The van der Waals surface area contributed by atoms with Crippen LogP contribution in [-0.4, -0.2) is 16.8 Å². The van der Waals surface area contributed by atoms with Gasteiger partial charge >= 0.3 is 0 Å². The van der Waals surface area contributed by atoms with Crippen molar-refractivity contribution in [2.75, 3.05) is 5.75 Å². The van der Waals surface area contributed by atoms with Crippen molar-refractivity contribution in [2.24, 2.45) is 10.9 Å². The molecule has 14 heavy (non-hydrogen) atoms. The van der Waals surface area contributed by atoms with Crippen molar-refractivity contribution in [1.82, 2.24) is 0 Å². The van der Waals surface area contributed by atoms with Crippen molar-refractivity contribution in [3.63, 3.8) is 0 Å². The zero-order chi connectivity index (χ0) is 10.4. The normalized spacial score (nSPS) is 11.6. The first-order chi connectivity index (χ1) is 6.79. The molecule has 0 atom stereocenters. The molecule has 0 spiro atoms. The summed E-state index contributed by atoms with van der Waals surface area (Å²) in [6.45, 7) is 2.12. The molecule has 1 aromatic rings. The summed E-state index contributed by atoms with van der Waals surface area (Å²) >= 11 is 1.72. The van der Waals surface area contributed by atoms with E-state index in [1.807, 2.05) is 24.3 Å². The van der Waals surface area contributed by atoms with Crippen molar-refractivity contribution in [2.45, 2.75) is 18.2 Å². The molecule has 0 saturated carbocycles. The highest BCUT2D eigenvalue weighted by Crippen LogP contribution is 2.22. The summed E-state index contributed by atoms with van der Waals surface area (Å²) in [6, 6.07) is 7.66. The summed E-state index contributed by atoms with van der Waals surface area (Å²) in [4.78, 5) is 1.06. The van der Waals surface area contributed by atoms with E-state index < -0.39 is 0 Å². The Kier molecular flexibility index (Phi) is 4.32. The molecule has 0 bridgehead atoms. The molecule has 0 unspecified atom stereocenters. The van der Waals surface area contributed by atoms with E-state index in [0.717, 1.165) is 22.6 Å². The van der Waals surface area contributed by atoms with Gasteiger partial charge in [0.2, 0.25) is 0 Å². The Morgan fingerprint density at radius 1 is 1.50 bits per heavy atom. The van der Waals surface area contributed by atoms with Gasteiger partial charge in [0.15, 0.2) is 5.84 Å². The largest absolute Gasteiger partial charge is 0.409 e. The summed E-state index contributed by atoms with van der Waals surface area (Å²) < 4.78 is 0. The van der Waals surface area contributed by atoms with Crippen LogP contribution in [-0.2, 0) is 0 Å². The molecule has 1 aromatic carbocycles. The molecule has 0 aliphatic carbocycles. The maximum absolute atomic E-state index is 8.59. The van der Waals surface area contributed by atoms with Crippen LogP contribution in [0.1, 0.15) is 18.9 Å². The Hall–Kier alpha value is -1.16. The number of benzene rings is 1. The molecule has 0 heterocycles. The zero-order valence-electron chi connectivity index (χ0n) is 8.10. The highest BCUT2D eigenvalue weighted by atomic mass is 32.2. The molecule has 76 valence electrons. The monoisotopic (exact) mass is 210 g/mol. The van der Waals surface area contributed by atoms with Gasteiger partial charge in [0.25, 0.3) is 0 Å². The maximum atomic E-state index is 8.59. The van der Waals surface area contributed by atoms with Gasteiger partial charge in [-0.3, -0.25) is 0 Å². The van der Waals surface area contributed by atoms with Gasteiger partial charge < -0.3 is 10.9 Å². The van der Waals surface area contributed by atoms with Gasteiger partial charge in [-0.25, -0.2) is 0 Å². The maximum Gasteiger partial charge on any atom is 0.171 e. The first-order valence-corrected chi connectivity index (χ1v) is 5.48. The predicted octanol–water partition coefficient (Wildman–Crippen LogP) is 2.28. The summed E-state index contributed by atoms with van der Waals surface area (Å²) in [5.74, 6) is 1.21. The van der Waals surface area contributed by atoms with Crippen molar-refractivity contribution >= 4 is 17.6 Å². The predicted molar refractivity (Wildman–Crippen MR) is 60.0 cm³/mol. The summed E-state index contributed by atoms with van der Waals surface area (Å²) in [6.07, 6.45) is 1.11. The molecule has 4 heteroatoms. The van der Waals surface area contributed by atoms with Crippen molar-refractivity contribution in [3.8, 4) is 0 Å². The SMILES string of the molecule is CCCSc1ccccc1/C(N)=N/O. The topological polar surface area (TPSA) is 58.6 Å². The Balaban J connectivity index is 2.91. The molecule has 3 N–H and O–H groups in total. The number of thioether (sulfide) groups is 1. The number of rotatable bonds is 4. The summed E-state index contributed by atoms with van der Waals surface area (Å²) in [7, 11) is 0. The highest BCUT2D eigenvalue weighted by molar-refractivity contribution is 7.99. The molecule has 1 rings (SSSR count). The number of amidine groups is 1. The van der Waals surface area contributed by atoms with E-state index in [2.05, 4.69) is 12.1 Å². The third kappa shape index (κ3) is 2.67. The van der Waals surface area contributed by atoms with E-state index in [0.29, 0.717) is 0 Å². The van der Waals surface area contributed by atoms with Crippen LogP contribution in [0.15, 0.2) is 34.3 Å². The number of hydrogen-bond donors (Lipinski definition) is 2. The molecular formula is C10H14N2OS. The lowest BCUT2D eigenvalue weighted by molar-refractivity contribution is 0.318. The number of oxime groups is 1. The third-order valence-electron chi connectivity index (χ3n) is 1.73. The Bertz CT molecular complexity index is 326. The summed E-state index contributed by atoms with van der Waals surface area (Å²) in [5, 5.41) is 11.6. The van der Waals surface area contributed by atoms with Crippen LogP contribution < -0.4 is 5.73 Å². The fourth-order valence-corrected chi connectivity index (χ4v) is 2.00. The Labute approximate surface area is 88.0 Å². The van der Waals surface area contributed by atoms with E-state index in [4.69, 9.17) is 10.9 Å². The standard InChI is InChI=1S/C10H14N2OS/c1-2-7-14-9-6-4-3-5-8(9)10(11)12-13/h3-6,13H,2,7H2,1H3,(H2,11,12). The fraction of sp³-hybridized carbons (Fsp3) is 0.300. The van der Waals surface area contributed by atoms with Crippen LogP contribution in [0.25, 0.3) is 0 Å². The Morgan fingerprint density at radius 3 is 2.86 bits per heavy atom. The van der Waals surface area contributed by atoms with Crippen LogP contribution in [0.5, 0.6) is 0 Å². The lowest BCUT2D eigenvalue weighted by Gasteiger charge is -2.06. The van der Waals surface area contributed by atoms with Crippen molar-refractivity contribution in [3.05, 3.63) is 29.8 Å². The van der Waals surface area contributed by atoms with Crippen LogP contribution in [0.3, 0.4) is 0 Å². The van der Waals surface area contributed by atoms with Gasteiger partial charge in [-0.1, -0.05) is 30.3 Å². The van der Waals surface area contributed by atoms with Crippen LogP contribution in [0, 0.1) is 0 Å². The van der Waals surface area contributed by atoms with Gasteiger partial charge in [0.05, 0.1) is 0 Å². The smallest absolute Gasteiger partial charge is 0.171 e. The average molecular weight is 210 g/mol. The van der Waals surface area contributed by atoms with Crippen LogP contribution >= 0.6 is 11.8 Å². The molecule has 0 aliphatic heterocycles. The van der Waals surface area contributed by atoms with E-state index >= 15 is 0 Å². The molecule has 0 radical (unpaired) electrons. The number of nitrogens with two attached hydrogens (primary N) is 1. The summed E-state index contributed by atoms with van der Waals surface area (Å²) in [5.41, 5.74) is 6.35. The lowest BCUT2D eigenvalue weighted by atomic mass is 10.2. The second-order valence-electron chi connectivity index (χ2n) is 2.83. The molecular weight excluding hydrogens is 196 g/mol. The zero-order valence-corrected chi connectivity index (χ0v) is 8.92. The minimum Gasteiger partial charge on any atom is -0.409 e. The average Bonchev–Trinajstić information content (AvgIpc) is 2.25. The third-order valence-corrected chi connectivity index (χ3v) is 3.01. The molecule has 3 nitrogen and oxygen atoms in total. The number of hydrogen-bond acceptors (Lipinski definition) is 3. The minimum absolute atomic E-state index is 0.171. The van der Waals surface area contributed by atoms with E-state index in [-0.39, 0.29) is 5.84 Å². The molecule has 0 fully saturated rings. The highest BCUT2D eigenvalue weighted by Gasteiger charge is 2.05. The molecule has 0 aromatic heterocycles. The minimum atomic E-state index is 0.171. The van der Waals surface area contributed by atoms with Gasteiger partial charge in [-0.15, -0.1) is 11.8 Å². The van der Waals surface area contributed by atoms with Gasteiger partial charge in [0, 0.05) is 10.5 Å². The lowest BCUT2D eigenvalue weighted by Crippen LogP contribution is -2.14. The van der Waals surface area contributed by atoms with Gasteiger partial charge in [-0.2, -0.15) is 0 Å². The van der Waals surface area contributed by atoms with E-state index in [1.54, 1.807) is 11.8 Å². The van der Waals surface area contributed by atoms with Crippen LogP contribution in [0.4, 0.5) is 0 Å². The first kappa shape index (κ1) is 10.9.